The third-order valence-electron chi connectivity index (χ3n) is 13.3. The number of carbonyl (C=O) groups excluding carboxylic acids is 3. The molecule has 6 heteroatoms. The fourth-order valence-corrected chi connectivity index (χ4v) is 8.64. The Labute approximate surface area is 463 Å². The van der Waals surface area contributed by atoms with E-state index in [4.69, 9.17) is 14.2 Å². The van der Waals surface area contributed by atoms with Gasteiger partial charge in [0.1, 0.15) is 13.2 Å². The molecule has 0 bridgehead atoms. The van der Waals surface area contributed by atoms with Gasteiger partial charge >= 0.3 is 17.9 Å². The predicted octanol–water partition coefficient (Wildman–Crippen LogP) is 21.4. The molecule has 0 saturated carbocycles. The van der Waals surface area contributed by atoms with Gasteiger partial charge in [-0.05, 0) is 103 Å². The summed E-state index contributed by atoms with van der Waals surface area (Å²) in [4.78, 5) is 38.2. The fraction of sp³-hybridized carbons (Fsp3) is 0.696. The van der Waals surface area contributed by atoms with E-state index in [-0.39, 0.29) is 37.5 Å². The summed E-state index contributed by atoms with van der Waals surface area (Å²) in [6.45, 7) is 6.39. The van der Waals surface area contributed by atoms with Crippen LogP contribution < -0.4 is 0 Å². The normalized spacial score (nSPS) is 12.8. The smallest absolute Gasteiger partial charge is 0.306 e. The van der Waals surface area contributed by atoms with Crippen molar-refractivity contribution >= 4 is 17.9 Å². The van der Waals surface area contributed by atoms with Gasteiger partial charge < -0.3 is 14.2 Å². The molecule has 0 aliphatic heterocycles. The summed E-state index contributed by atoms with van der Waals surface area (Å²) in [5, 5.41) is 0. The predicted molar refractivity (Wildman–Crippen MR) is 325 cm³/mol. The highest BCUT2D eigenvalue weighted by Crippen LogP contribution is 2.16. The molecule has 0 rings (SSSR count). The first kappa shape index (κ1) is 71.1. The molecule has 1 unspecified atom stereocenters. The molecule has 0 amide bonds. The Kier molecular flexibility index (Phi) is 59.3. The molecule has 0 aliphatic rings. The maximum Gasteiger partial charge on any atom is 0.306 e. The zero-order valence-corrected chi connectivity index (χ0v) is 49.0. The molecule has 0 spiro atoms. The minimum atomic E-state index is -0.799. The lowest BCUT2D eigenvalue weighted by Crippen LogP contribution is -2.30. The Morgan fingerprint density at radius 3 is 0.840 bits per heavy atom. The van der Waals surface area contributed by atoms with Crippen molar-refractivity contribution in [2.24, 2.45) is 0 Å². The van der Waals surface area contributed by atoms with E-state index in [0.717, 1.165) is 109 Å². The second-order valence-corrected chi connectivity index (χ2v) is 20.6. The second kappa shape index (κ2) is 62.6. The largest absolute Gasteiger partial charge is 0.462 e. The van der Waals surface area contributed by atoms with Gasteiger partial charge in [0.15, 0.2) is 6.10 Å². The molecule has 75 heavy (non-hydrogen) atoms. The Balaban J connectivity index is 4.27. The summed E-state index contributed by atoms with van der Waals surface area (Å²) in [6.07, 6.45) is 85.3. The van der Waals surface area contributed by atoms with Crippen molar-refractivity contribution in [1.29, 1.82) is 0 Å². The Morgan fingerprint density at radius 1 is 0.280 bits per heavy atom. The van der Waals surface area contributed by atoms with Gasteiger partial charge in [-0.3, -0.25) is 14.4 Å². The van der Waals surface area contributed by atoms with E-state index in [0.29, 0.717) is 19.3 Å². The molecular weight excluding hydrogens is 925 g/mol. The van der Waals surface area contributed by atoms with Gasteiger partial charge in [0, 0.05) is 19.3 Å². The first-order chi connectivity index (χ1) is 37.0. The molecule has 428 valence electrons. The monoisotopic (exact) mass is 1040 g/mol. The van der Waals surface area contributed by atoms with Crippen molar-refractivity contribution < 1.29 is 28.6 Å². The second-order valence-electron chi connectivity index (χ2n) is 20.6. The first-order valence-corrected chi connectivity index (χ1v) is 31.4. The van der Waals surface area contributed by atoms with Crippen LogP contribution in [0, 0.1) is 0 Å². The number of hydrogen-bond acceptors (Lipinski definition) is 6. The number of hydrogen-bond donors (Lipinski definition) is 0. The van der Waals surface area contributed by atoms with Crippen molar-refractivity contribution in [3.63, 3.8) is 0 Å². The van der Waals surface area contributed by atoms with Crippen molar-refractivity contribution in [2.45, 2.75) is 297 Å². The summed E-state index contributed by atoms with van der Waals surface area (Å²) < 4.78 is 16.9. The average molecular weight is 1040 g/mol. The van der Waals surface area contributed by atoms with E-state index in [1.165, 1.54) is 135 Å². The molecule has 1 atom stereocenters. The molecule has 0 heterocycles. The number of unbranched alkanes of at least 4 members (excludes halogenated alkanes) is 27. The van der Waals surface area contributed by atoms with Gasteiger partial charge in [-0.1, -0.05) is 278 Å². The topological polar surface area (TPSA) is 78.9 Å². The molecular formula is C69H116O6. The van der Waals surface area contributed by atoms with Crippen LogP contribution in [0.25, 0.3) is 0 Å². The molecule has 0 saturated heterocycles. The average Bonchev–Trinajstić information content (AvgIpc) is 3.41. The SMILES string of the molecule is CC/C=C\C/C=C\C/C=C\C/C=C\C/C=C\CCCCCCCCCCCCCCCC(=O)OCC(COC(=O)CCCCCCCCCCCCCCC)OC(=O)CCCC/C=C\C/C=C\C/C=C\C/C=C\CC. The van der Waals surface area contributed by atoms with Gasteiger partial charge in [0.2, 0.25) is 0 Å². The van der Waals surface area contributed by atoms with Crippen LogP contribution in [-0.4, -0.2) is 37.2 Å². The van der Waals surface area contributed by atoms with Crippen molar-refractivity contribution in [2.75, 3.05) is 13.2 Å². The molecule has 0 aliphatic carbocycles. The lowest BCUT2D eigenvalue weighted by molar-refractivity contribution is -0.167. The Bertz CT molecular complexity index is 1520. The van der Waals surface area contributed by atoms with Crippen LogP contribution in [-0.2, 0) is 28.6 Å². The van der Waals surface area contributed by atoms with E-state index in [1.807, 2.05) is 0 Å². The van der Waals surface area contributed by atoms with Crippen LogP contribution in [0.3, 0.4) is 0 Å². The summed E-state index contributed by atoms with van der Waals surface area (Å²) >= 11 is 0. The van der Waals surface area contributed by atoms with Gasteiger partial charge in [0.25, 0.3) is 0 Å². The number of esters is 3. The van der Waals surface area contributed by atoms with Crippen LogP contribution in [0.2, 0.25) is 0 Å². The summed E-state index contributed by atoms with van der Waals surface area (Å²) in [5.74, 6) is -0.929. The van der Waals surface area contributed by atoms with E-state index >= 15 is 0 Å². The minimum Gasteiger partial charge on any atom is -0.462 e. The third-order valence-corrected chi connectivity index (χ3v) is 13.3. The zero-order valence-electron chi connectivity index (χ0n) is 49.0. The number of ether oxygens (including phenoxy) is 3. The van der Waals surface area contributed by atoms with Crippen LogP contribution in [0.4, 0.5) is 0 Å². The Morgan fingerprint density at radius 2 is 0.520 bits per heavy atom. The highest BCUT2D eigenvalue weighted by molar-refractivity contribution is 5.71. The highest BCUT2D eigenvalue weighted by atomic mass is 16.6. The first-order valence-electron chi connectivity index (χ1n) is 31.4. The molecule has 0 N–H and O–H groups in total. The van der Waals surface area contributed by atoms with Crippen molar-refractivity contribution in [3.8, 4) is 0 Å². The quantitative estimate of drug-likeness (QED) is 0.0261. The van der Waals surface area contributed by atoms with Gasteiger partial charge in [0.05, 0.1) is 0 Å². The van der Waals surface area contributed by atoms with Gasteiger partial charge in [-0.15, -0.1) is 0 Å². The van der Waals surface area contributed by atoms with Crippen LogP contribution in [0.5, 0.6) is 0 Å². The lowest BCUT2D eigenvalue weighted by atomic mass is 10.0. The van der Waals surface area contributed by atoms with E-state index in [9.17, 15) is 14.4 Å². The van der Waals surface area contributed by atoms with E-state index in [2.05, 4.69) is 130 Å². The highest BCUT2D eigenvalue weighted by Gasteiger charge is 2.19. The van der Waals surface area contributed by atoms with Gasteiger partial charge in [-0.25, -0.2) is 0 Å². The lowest BCUT2D eigenvalue weighted by Gasteiger charge is -2.18. The standard InChI is InChI=1S/C69H116O6/c1-4-7-10-13-16-19-22-25-27-28-29-30-31-32-33-34-35-36-37-38-39-40-42-44-47-50-53-56-59-62-68(71)74-65-66(64-73-67(70)61-58-55-52-49-46-43-24-21-18-15-12-9-6-3)75-69(72)63-60-57-54-51-48-45-41-26-23-20-17-14-11-8-5-2/h7-8,10-11,16-17,19-20,25-27,29-30,32-33,41,48,51,66H,4-6,9,12-15,18,21-24,28,31,34-40,42-47,49-50,52-65H2,1-3H3/b10-7-,11-8-,19-16-,20-17-,27-25-,30-29-,33-32-,41-26-,51-48-. The molecule has 0 fully saturated rings. The number of allylic oxidation sites excluding steroid dienone is 18. The van der Waals surface area contributed by atoms with Crippen LogP contribution in [0.1, 0.15) is 290 Å². The fourth-order valence-electron chi connectivity index (χ4n) is 8.64. The van der Waals surface area contributed by atoms with Gasteiger partial charge in [-0.2, -0.15) is 0 Å². The van der Waals surface area contributed by atoms with Crippen LogP contribution >= 0.6 is 0 Å². The van der Waals surface area contributed by atoms with Crippen molar-refractivity contribution in [3.05, 3.63) is 109 Å². The van der Waals surface area contributed by atoms with E-state index < -0.39 is 6.10 Å². The molecule has 0 radical (unpaired) electrons. The minimum absolute atomic E-state index is 0.0926. The zero-order chi connectivity index (χ0) is 54.3. The van der Waals surface area contributed by atoms with Crippen molar-refractivity contribution in [1.82, 2.24) is 0 Å². The molecule has 0 aromatic carbocycles. The maximum absolute atomic E-state index is 12.9. The summed E-state index contributed by atoms with van der Waals surface area (Å²) in [7, 11) is 0. The number of carbonyl (C=O) groups is 3. The third kappa shape index (κ3) is 60.8. The summed E-state index contributed by atoms with van der Waals surface area (Å²) in [5.41, 5.74) is 0. The van der Waals surface area contributed by atoms with Crippen LogP contribution in [0.15, 0.2) is 109 Å². The molecule has 6 nitrogen and oxygen atoms in total. The molecule has 0 aromatic rings. The molecule has 0 aromatic heterocycles. The maximum atomic E-state index is 12.9. The summed E-state index contributed by atoms with van der Waals surface area (Å²) in [6, 6.07) is 0. The Hall–Kier alpha value is -3.93. The number of rotatable bonds is 56. The van der Waals surface area contributed by atoms with E-state index in [1.54, 1.807) is 0 Å².